The summed E-state index contributed by atoms with van der Waals surface area (Å²) in [7, 11) is 0. The van der Waals surface area contributed by atoms with Crippen molar-refractivity contribution in [1.82, 2.24) is 4.90 Å². The van der Waals surface area contributed by atoms with Crippen molar-refractivity contribution in [2.45, 2.75) is 25.3 Å². The van der Waals surface area contributed by atoms with E-state index in [1.807, 2.05) is 24.3 Å². The Bertz CT molecular complexity index is 544. The van der Waals surface area contributed by atoms with Crippen LogP contribution in [0, 0.1) is 0 Å². The van der Waals surface area contributed by atoms with Crippen molar-refractivity contribution in [3.63, 3.8) is 0 Å². The molecule has 0 aromatic heterocycles. The molecule has 2 heterocycles. The van der Waals surface area contributed by atoms with Gasteiger partial charge in [0.2, 0.25) is 5.91 Å². The molecule has 5 heteroatoms. The molecule has 0 unspecified atom stereocenters. The summed E-state index contributed by atoms with van der Waals surface area (Å²) in [4.78, 5) is 27.1. The van der Waals surface area contributed by atoms with Crippen molar-refractivity contribution >= 4 is 17.6 Å². The lowest BCUT2D eigenvalue weighted by molar-refractivity contribution is -0.142. The molecule has 3 rings (SSSR count). The quantitative estimate of drug-likeness (QED) is 0.897. The van der Waals surface area contributed by atoms with Gasteiger partial charge >= 0.3 is 5.97 Å². The van der Waals surface area contributed by atoms with E-state index < -0.39 is 12.0 Å². The second-order valence-electron chi connectivity index (χ2n) is 5.39. The fourth-order valence-corrected chi connectivity index (χ4v) is 3.15. The van der Waals surface area contributed by atoms with Crippen molar-refractivity contribution in [3.8, 4) is 0 Å². The van der Waals surface area contributed by atoms with Crippen LogP contribution in [0.15, 0.2) is 24.3 Å². The van der Waals surface area contributed by atoms with Gasteiger partial charge in [-0.15, -0.1) is 0 Å². The van der Waals surface area contributed by atoms with Crippen LogP contribution in [0.2, 0.25) is 0 Å². The first-order chi connectivity index (χ1) is 9.66. The zero-order valence-corrected chi connectivity index (χ0v) is 11.3. The topological polar surface area (TPSA) is 60.9 Å². The molecule has 106 valence electrons. The number of carboxylic acids is 1. The fraction of sp³-hybridized carbons (Fsp3) is 0.467. The Balaban J connectivity index is 1.70. The number of aliphatic carboxylic acids is 1. The summed E-state index contributed by atoms with van der Waals surface area (Å²) < 4.78 is 0. The van der Waals surface area contributed by atoms with Gasteiger partial charge in [-0.3, -0.25) is 14.5 Å². The summed E-state index contributed by atoms with van der Waals surface area (Å²) in [6.07, 6.45) is 2.37. The number of rotatable bonds is 3. The molecule has 1 N–H and O–H groups in total. The minimum Gasteiger partial charge on any atom is -0.480 e. The molecule has 1 atom stereocenters. The van der Waals surface area contributed by atoms with E-state index in [0.717, 1.165) is 18.5 Å². The normalized spacial score (nSPS) is 22.0. The monoisotopic (exact) mass is 274 g/mol. The van der Waals surface area contributed by atoms with Crippen LogP contribution in [-0.4, -0.2) is 47.6 Å². The van der Waals surface area contributed by atoms with E-state index in [1.165, 1.54) is 5.56 Å². The van der Waals surface area contributed by atoms with Crippen LogP contribution in [0.25, 0.3) is 0 Å². The van der Waals surface area contributed by atoms with Crippen molar-refractivity contribution in [3.05, 3.63) is 29.8 Å². The molecule has 1 fully saturated rings. The van der Waals surface area contributed by atoms with E-state index in [9.17, 15) is 9.59 Å². The number of carbonyl (C=O) groups excluding carboxylic acids is 1. The van der Waals surface area contributed by atoms with E-state index in [1.54, 1.807) is 9.80 Å². The molecule has 2 aliphatic rings. The summed E-state index contributed by atoms with van der Waals surface area (Å²) in [5.41, 5.74) is 2.17. The number of benzene rings is 1. The number of hydrogen-bond donors (Lipinski definition) is 1. The van der Waals surface area contributed by atoms with Gasteiger partial charge < -0.3 is 10.0 Å². The lowest BCUT2D eigenvalue weighted by Crippen LogP contribution is -2.44. The molecule has 1 aromatic carbocycles. The zero-order valence-electron chi connectivity index (χ0n) is 11.3. The summed E-state index contributed by atoms with van der Waals surface area (Å²) in [5, 5.41) is 9.15. The Labute approximate surface area is 117 Å². The first-order valence-corrected chi connectivity index (χ1v) is 7.02. The number of fused-ring (bicyclic) bond motifs is 1. The van der Waals surface area contributed by atoms with Gasteiger partial charge in [-0.25, -0.2) is 0 Å². The van der Waals surface area contributed by atoms with Crippen LogP contribution < -0.4 is 4.90 Å². The number of para-hydroxylation sites is 1. The van der Waals surface area contributed by atoms with E-state index in [0.29, 0.717) is 19.5 Å². The average molecular weight is 274 g/mol. The van der Waals surface area contributed by atoms with Crippen LogP contribution in [0.3, 0.4) is 0 Å². The maximum Gasteiger partial charge on any atom is 0.320 e. The van der Waals surface area contributed by atoms with Crippen molar-refractivity contribution in [2.24, 2.45) is 0 Å². The van der Waals surface area contributed by atoms with E-state index in [-0.39, 0.29) is 12.5 Å². The molecule has 0 aliphatic carbocycles. The van der Waals surface area contributed by atoms with Gasteiger partial charge in [0.1, 0.15) is 6.04 Å². The number of nitrogens with zero attached hydrogens (tertiary/aromatic N) is 2. The summed E-state index contributed by atoms with van der Waals surface area (Å²) in [5.74, 6) is -0.819. The molecule has 1 aromatic rings. The SMILES string of the molecule is O=C(O)[C@@H]1CCCN1CC(=O)N1CCc2ccccc21. The van der Waals surface area contributed by atoms with Crippen LogP contribution in [0.5, 0.6) is 0 Å². The number of hydrogen-bond acceptors (Lipinski definition) is 3. The molecule has 2 aliphatic heterocycles. The highest BCUT2D eigenvalue weighted by Gasteiger charge is 2.33. The molecule has 0 bridgehead atoms. The highest BCUT2D eigenvalue weighted by Crippen LogP contribution is 2.28. The minimum absolute atomic E-state index is 0.00287. The first kappa shape index (κ1) is 13.1. The molecular weight excluding hydrogens is 256 g/mol. The third-order valence-corrected chi connectivity index (χ3v) is 4.18. The van der Waals surface area contributed by atoms with E-state index >= 15 is 0 Å². The molecule has 5 nitrogen and oxygen atoms in total. The second-order valence-corrected chi connectivity index (χ2v) is 5.39. The third kappa shape index (κ3) is 2.29. The lowest BCUT2D eigenvalue weighted by atomic mass is 10.2. The van der Waals surface area contributed by atoms with Gasteiger partial charge in [-0.05, 0) is 37.4 Å². The molecule has 0 saturated carbocycles. The van der Waals surface area contributed by atoms with Gasteiger partial charge in [-0.1, -0.05) is 18.2 Å². The number of likely N-dealkylation sites (tertiary alicyclic amines) is 1. The van der Waals surface area contributed by atoms with Gasteiger partial charge in [0.15, 0.2) is 0 Å². The first-order valence-electron chi connectivity index (χ1n) is 7.02. The van der Waals surface area contributed by atoms with Crippen LogP contribution in [-0.2, 0) is 16.0 Å². The Morgan fingerprint density at radius 2 is 2.05 bits per heavy atom. The van der Waals surface area contributed by atoms with Gasteiger partial charge in [0.25, 0.3) is 0 Å². The average Bonchev–Trinajstić information content (AvgIpc) is 3.04. The van der Waals surface area contributed by atoms with E-state index in [2.05, 4.69) is 0 Å². The fourth-order valence-electron chi connectivity index (χ4n) is 3.15. The molecule has 20 heavy (non-hydrogen) atoms. The van der Waals surface area contributed by atoms with Crippen molar-refractivity contribution < 1.29 is 14.7 Å². The van der Waals surface area contributed by atoms with Crippen molar-refractivity contribution in [1.29, 1.82) is 0 Å². The second kappa shape index (κ2) is 5.25. The minimum atomic E-state index is -0.822. The summed E-state index contributed by atoms with van der Waals surface area (Å²) in [6, 6.07) is 7.41. The third-order valence-electron chi connectivity index (χ3n) is 4.18. The Morgan fingerprint density at radius 3 is 2.85 bits per heavy atom. The zero-order chi connectivity index (χ0) is 14.1. The highest BCUT2D eigenvalue weighted by molar-refractivity contribution is 5.97. The van der Waals surface area contributed by atoms with E-state index in [4.69, 9.17) is 5.11 Å². The standard InChI is InChI=1S/C15H18N2O3/c18-14(10-16-8-3-6-13(16)15(19)20)17-9-7-11-4-1-2-5-12(11)17/h1-2,4-5,13H,3,6-10H2,(H,19,20)/t13-/m0/s1. The highest BCUT2D eigenvalue weighted by atomic mass is 16.4. The molecule has 0 spiro atoms. The maximum absolute atomic E-state index is 12.4. The molecule has 0 radical (unpaired) electrons. The predicted molar refractivity (Wildman–Crippen MR) is 74.7 cm³/mol. The van der Waals surface area contributed by atoms with Gasteiger partial charge in [0, 0.05) is 12.2 Å². The summed E-state index contributed by atoms with van der Waals surface area (Å²) in [6.45, 7) is 1.59. The van der Waals surface area contributed by atoms with Crippen LogP contribution in [0.1, 0.15) is 18.4 Å². The molecule has 1 amide bonds. The van der Waals surface area contributed by atoms with Crippen LogP contribution >= 0.6 is 0 Å². The largest absolute Gasteiger partial charge is 0.480 e. The molecular formula is C15H18N2O3. The number of carbonyl (C=O) groups is 2. The van der Waals surface area contributed by atoms with Gasteiger partial charge in [-0.2, -0.15) is 0 Å². The number of anilines is 1. The predicted octanol–water partition coefficient (Wildman–Crippen LogP) is 1.12. The smallest absolute Gasteiger partial charge is 0.320 e. The Kier molecular flexibility index (Phi) is 3.44. The Morgan fingerprint density at radius 1 is 1.25 bits per heavy atom. The summed E-state index contributed by atoms with van der Waals surface area (Å²) >= 11 is 0. The maximum atomic E-state index is 12.4. The lowest BCUT2D eigenvalue weighted by Gasteiger charge is -2.24. The number of amides is 1. The Hall–Kier alpha value is -1.88. The van der Waals surface area contributed by atoms with Gasteiger partial charge in [0.05, 0.1) is 6.54 Å². The number of carboxylic acid groups (broad SMARTS) is 1. The molecule has 1 saturated heterocycles. The van der Waals surface area contributed by atoms with Crippen molar-refractivity contribution in [2.75, 3.05) is 24.5 Å². The van der Waals surface area contributed by atoms with Crippen LogP contribution in [0.4, 0.5) is 5.69 Å².